The molecule has 0 spiro atoms. The van der Waals surface area contributed by atoms with E-state index in [1.54, 1.807) is 12.1 Å². The molecule has 5 heteroatoms. The molecule has 0 unspecified atom stereocenters. The van der Waals surface area contributed by atoms with Crippen LogP contribution in [0.15, 0.2) is 63.8 Å². The Balaban J connectivity index is 1.76. The van der Waals surface area contributed by atoms with Crippen LogP contribution in [0, 0.1) is 6.92 Å². The van der Waals surface area contributed by atoms with Crippen LogP contribution < -0.4 is 16.7 Å². The minimum absolute atomic E-state index is 0.173. The topological polar surface area (TPSA) is 87.0 Å². The predicted molar refractivity (Wildman–Crippen MR) is 92.7 cm³/mol. The second-order valence-electron chi connectivity index (χ2n) is 5.84. The maximum absolute atomic E-state index is 12.3. The molecule has 2 aromatic carbocycles. The average molecular weight is 323 g/mol. The van der Waals surface area contributed by atoms with Crippen molar-refractivity contribution < 1.29 is 14.9 Å². The summed E-state index contributed by atoms with van der Waals surface area (Å²) in [7, 11) is 0. The third-order valence-electron chi connectivity index (χ3n) is 3.91. The van der Waals surface area contributed by atoms with E-state index in [1.165, 1.54) is 6.07 Å². The van der Waals surface area contributed by atoms with Crippen LogP contribution in [0.25, 0.3) is 11.0 Å². The largest absolute Gasteiger partial charge is 0.423 e. The van der Waals surface area contributed by atoms with Crippen molar-refractivity contribution in [3.8, 4) is 0 Å². The molecule has 0 aliphatic heterocycles. The van der Waals surface area contributed by atoms with E-state index in [4.69, 9.17) is 4.42 Å². The molecule has 0 aliphatic rings. The Labute approximate surface area is 139 Å². The lowest BCUT2D eigenvalue weighted by Gasteiger charge is -2.10. The summed E-state index contributed by atoms with van der Waals surface area (Å²) in [5, 5.41) is 3.68. The number of amides is 1. The van der Waals surface area contributed by atoms with E-state index in [2.05, 4.69) is 11.1 Å². The zero-order chi connectivity index (χ0) is 17.1. The maximum Gasteiger partial charge on any atom is 0.336 e. The molecule has 0 radical (unpaired) electrons. The fourth-order valence-electron chi connectivity index (χ4n) is 2.64. The first-order valence-corrected chi connectivity index (χ1v) is 7.75. The van der Waals surface area contributed by atoms with E-state index in [1.807, 2.05) is 43.3 Å². The molecule has 1 amide bonds. The molecule has 5 nitrogen and oxygen atoms in total. The van der Waals surface area contributed by atoms with Crippen LogP contribution in [0.3, 0.4) is 0 Å². The molecule has 1 heterocycles. The zero-order valence-electron chi connectivity index (χ0n) is 13.4. The maximum atomic E-state index is 12.3. The van der Waals surface area contributed by atoms with Gasteiger partial charge in [0.1, 0.15) is 5.58 Å². The van der Waals surface area contributed by atoms with Gasteiger partial charge in [0.05, 0.1) is 0 Å². The number of nitrogens with one attached hydrogen (secondary N) is 1. The third kappa shape index (κ3) is 3.52. The van der Waals surface area contributed by atoms with Gasteiger partial charge in [-0.25, -0.2) is 4.79 Å². The summed E-state index contributed by atoms with van der Waals surface area (Å²) in [6.45, 7) is 1.85. The molecule has 0 aliphatic carbocycles. The number of aryl methyl sites for hydroxylation is 1. The quantitative estimate of drug-likeness (QED) is 0.719. The number of quaternary nitrogens is 1. The first-order valence-electron chi connectivity index (χ1n) is 7.75. The number of carbonyl (C=O) groups is 1. The van der Waals surface area contributed by atoms with Crippen molar-refractivity contribution in [3.63, 3.8) is 0 Å². The van der Waals surface area contributed by atoms with Crippen molar-refractivity contribution in [2.75, 3.05) is 5.32 Å². The molecule has 1 atom stereocenters. The Kier molecular flexibility index (Phi) is 4.44. The van der Waals surface area contributed by atoms with Gasteiger partial charge in [-0.1, -0.05) is 30.3 Å². The Bertz CT molecular complexity index is 932. The highest BCUT2D eigenvalue weighted by molar-refractivity contribution is 5.96. The number of fused-ring (bicyclic) bond motifs is 1. The zero-order valence-corrected chi connectivity index (χ0v) is 13.4. The number of hydrogen-bond acceptors (Lipinski definition) is 3. The molecule has 122 valence electrons. The van der Waals surface area contributed by atoms with Crippen LogP contribution in [-0.2, 0) is 11.2 Å². The van der Waals surface area contributed by atoms with Gasteiger partial charge in [-0.2, -0.15) is 0 Å². The molecule has 3 aromatic rings. The summed E-state index contributed by atoms with van der Waals surface area (Å²) in [4.78, 5) is 23.8. The van der Waals surface area contributed by atoms with E-state index in [0.717, 1.165) is 16.5 Å². The third-order valence-corrected chi connectivity index (χ3v) is 3.91. The highest BCUT2D eigenvalue weighted by Crippen LogP contribution is 2.20. The lowest BCUT2D eigenvalue weighted by molar-refractivity contribution is -0.402. The number of hydrogen-bond donors (Lipinski definition) is 2. The first-order chi connectivity index (χ1) is 11.5. The van der Waals surface area contributed by atoms with Crippen LogP contribution in [0.2, 0.25) is 0 Å². The smallest absolute Gasteiger partial charge is 0.336 e. The summed E-state index contributed by atoms with van der Waals surface area (Å²) in [5.74, 6) is -0.173. The Morgan fingerprint density at radius 1 is 1.17 bits per heavy atom. The minimum atomic E-state index is -0.410. The number of anilines is 1. The lowest BCUT2D eigenvalue weighted by Crippen LogP contribution is -2.67. The van der Waals surface area contributed by atoms with Crippen LogP contribution in [-0.4, -0.2) is 11.9 Å². The van der Waals surface area contributed by atoms with Gasteiger partial charge in [-0.05, 0) is 30.2 Å². The number of rotatable bonds is 4. The molecule has 24 heavy (non-hydrogen) atoms. The first kappa shape index (κ1) is 16.0. The van der Waals surface area contributed by atoms with E-state index in [0.29, 0.717) is 17.7 Å². The minimum Gasteiger partial charge on any atom is -0.423 e. The van der Waals surface area contributed by atoms with Crippen molar-refractivity contribution in [3.05, 3.63) is 76.1 Å². The van der Waals surface area contributed by atoms with Gasteiger partial charge in [0.2, 0.25) is 0 Å². The highest BCUT2D eigenvalue weighted by Gasteiger charge is 2.18. The van der Waals surface area contributed by atoms with Gasteiger partial charge < -0.3 is 15.5 Å². The van der Waals surface area contributed by atoms with Crippen molar-refractivity contribution in [1.29, 1.82) is 0 Å². The molecule has 1 aromatic heterocycles. The van der Waals surface area contributed by atoms with Crippen molar-refractivity contribution in [2.24, 2.45) is 0 Å². The highest BCUT2D eigenvalue weighted by atomic mass is 16.4. The molecule has 4 N–H and O–H groups in total. The summed E-state index contributed by atoms with van der Waals surface area (Å²) in [6.07, 6.45) is 0.564. The van der Waals surface area contributed by atoms with Crippen LogP contribution >= 0.6 is 0 Å². The monoisotopic (exact) mass is 323 g/mol. The summed E-state index contributed by atoms with van der Waals surface area (Å²) in [6, 6.07) is 16.1. The Morgan fingerprint density at radius 2 is 1.92 bits per heavy atom. The molecule has 0 bridgehead atoms. The van der Waals surface area contributed by atoms with E-state index >= 15 is 0 Å². The van der Waals surface area contributed by atoms with Crippen molar-refractivity contribution in [2.45, 2.75) is 19.4 Å². The van der Waals surface area contributed by atoms with Crippen LogP contribution in [0.1, 0.15) is 11.1 Å². The fraction of sp³-hybridized carbons (Fsp3) is 0.158. The molecular weight excluding hydrogens is 304 g/mol. The van der Waals surface area contributed by atoms with Gasteiger partial charge in [-0.15, -0.1) is 0 Å². The van der Waals surface area contributed by atoms with Crippen molar-refractivity contribution >= 4 is 22.6 Å². The molecule has 3 rings (SSSR count). The second kappa shape index (κ2) is 6.68. The van der Waals surface area contributed by atoms with E-state index in [-0.39, 0.29) is 5.91 Å². The van der Waals surface area contributed by atoms with Crippen molar-refractivity contribution in [1.82, 2.24) is 0 Å². The van der Waals surface area contributed by atoms with Gasteiger partial charge in [0, 0.05) is 29.6 Å². The predicted octanol–water partition coefficient (Wildman–Crippen LogP) is 1.89. The van der Waals surface area contributed by atoms with Gasteiger partial charge in [0.15, 0.2) is 6.04 Å². The van der Waals surface area contributed by atoms with Gasteiger partial charge in [-0.3, -0.25) is 4.79 Å². The molecular formula is C19H19N2O3+. The lowest BCUT2D eigenvalue weighted by atomic mass is 10.1. The van der Waals surface area contributed by atoms with E-state index in [9.17, 15) is 9.59 Å². The Morgan fingerprint density at radius 3 is 2.67 bits per heavy atom. The second-order valence-corrected chi connectivity index (χ2v) is 5.84. The number of carbonyl (C=O) groups excluding carboxylic acids is 1. The van der Waals surface area contributed by atoms with Crippen LogP contribution in [0.4, 0.5) is 5.69 Å². The number of benzene rings is 2. The summed E-state index contributed by atoms with van der Waals surface area (Å²) < 4.78 is 5.20. The normalized spacial score (nSPS) is 12.1. The fourth-order valence-corrected chi connectivity index (χ4v) is 2.64. The molecule has 0 fully saturated rings. The van der Waals surface area contributed by atoms with Crippen LogP contribution in [0.5, 0.6) is 0 Å². The van der Waals surface area contributed by atoms with Gasteiger partial charge >= 0.3 is 5.63 Å². The molecule has 0 saturated carbocycles. The molecule has 0 saturated heterocycles. The summed E-state index contributed by atoms with van der Waals surface area (Å²) >= 11 is 0. The van der Waals surface area contributed by atoms with E-state index < -0.39 is 11.7 Å². The summed E-state index contributed by atoms with van der Waals surface area (Å²) in [5.41, 5.74) is 6.49. The Hall–Kier alpha value is -2.92. The SMILES string of the molecule is Cc1cc(=O)oc2cc(NC(=O)[C@@H]([NH3+])Cc3ccccc3)ccc12. The average Bonchev–Trinajstić information content (AvgIpc) is 2.55. The van der Waals surface area contributed by atoms with Gasteiger partial charge in [0.25, 0.3) is 5.91 Å². The standard InChI is InChI=1S/C19H18N2O3/c1-12-9-18(22)24-17-11-14(7-8-15(12)17)21-19(23)16(20)10-13-5-3-2-4-6-13/h2-9,11,16H,10,20H2,1H3,(H,21,23)/p+1/t16-/m0/s1.